The second-order valence-corrected chi connectivity index (χ2v) is 5.66. The van der Waals surface area contributed by atoms with Gasteiger partial charge in [-0.1, -0.05) is 25.1 Å². The molecular weight excluding hydrogens is 264 g/mol. The molecule has 1 N–H and O–H groups in total. The number of rotatable bonds is 5. The van der Waals surface area contributed by atoms with Gasteiger partial charge in [0.2, 0.25) is 0 Å². The maximum atomic E-state index is 11.1. The first-order chi connectivity index (χ1) is 9.91. The second kappa shape index (κ2) is 5.90. The molecule has 114 valence electrons. The van der Waals surface area contributed by atoms with Crippen molar-refractivity contribution < 1.29 is 9.84 Å². The van der Waals surface area contributed by atoms with Crippen LogP contribution in [0.1, 0.15) is 42.7 Å². The van der Waals surface area contributed by atoms with Crippen LogP contribution in [-0.2, 0) is 12.1 Å². The zero-order valence-electron chi connectivity index (χ0n) is 13.5. The Kier molecular flexibility index (Phi) is 4.37. The molecule has 1 heterocycles. The maximum absolute atomic E-state index is 11.1. The number of hydrogen-bond acceptors (Lipinski definition) is 3. The lowest BCUT2D eigenvalue weighted by molar-refractivity contribution is 0.0881. The first kappa shape index (κ1) is 15.6. The predicted octanol–water partition coefficient (Wildman–Crippen LogP) is 3.17. The Morgan fingerprint density at radius 1 is 1.29 bits per heavy atom. The Hall–Kier alpha value is -1.81. The number of benzene rings is 1. The highest BCUT2D eigenvalue weighted by Crippen LogP contribution is 2.36. The number of methoxy groups -OCH3 is 1. The van der Waals surface area contributed by atoms with Gasteiger partial charge in [0.25, 0.3) is 0 Å². The van der Waals surface area contributed by atoms with Crippen molar-refractivity contribution in [2.75, 3.05) is 7.11 Å². The lowest BCUT2D eigenvalue weighted by atomic mass is 9.89. The summed E-state index contributed by atoms with van der Waals surface area (Å²) >= 11 is 0. The van der Waals surface area contributed by atoms with Crippen molar-refractivity contribution >= 4 is 0 Å². The Morgan fingerprint density at radius 2 is 2.00 bits per heavy atom. The number of nitrogens with zero attached hydrogens (tertiary/aromatic N) is 2. The van der Waals surface area contributed by atoms with Crippen molar-refractivity contribution in [1.82, 2.24) is 9.78 Å². The molecule has 0 amide bonds. The fourth-order valence-electron chi connectivity index (χ4n) is 2.57. The molecule has 0 aliphatic heterocycles. The van der Waals surface area contributed by atoms with Crippen molar-refractivity contribution in [3.05, 3.63) is 46.8 Å². The van der Waals surface area contributed by atoms with Gasteiger partial charge in [0.15, 0.2) is 5.75 Å². The van der Waals surface area contributed by atoms with Crippen LogP contribution in [0.15, 0.2) is 24.4 Å². The third-order valence-corrected chi connectivity index (χ3v) is 3.99. The lowest BCUT2D eigenvalue weighted by Crippen LogP contribution is -2.28. The van der Waals surface area contributed by atoms with E-state index in [2.05, 4.69) is 25.9 Å². The van der Waals surface area contributed by atoms with E-state index < -0.39 is 5.60 Å². The summed E-state index contributed by atoms with van der Waals surface area (Å²) in [6.45, 7) is 8.75. The number of aliphatic hydroxyl groups is 1. The van der Waals surface area contributed by atoms with Gasteiger partial charge >= 0.3 is 0 Å². The van der Waals surface area contributed by atoms with Crippen LogP contribution in [0.2, 0.25) is 0 Å². The average molecular weight is 288 g/mol. The Morgan fingerprint density at radius 3 is 2.57 bits per heavy atom. The number of ether oxygens (including phenoxy) is 1. The Balaban J connectivity index is 2.56. The van der Waals surface area contributed by atoms with E-state index in [0.29, 0.717) is 11.4 Å². The normalized spacial score (nSPS) is 14.0. The van der Waals surface area contributed by atoms with E-state index >= 15 is 0 Å². The summed E-state index contributed by atoms with van der Waals surface area (Å²) in [6.07, 6.45) is 2.61. The highest BCUT2D eigenvalue weighted by atomic mass is 16.5. The van der Waals surface area contributed by atoms with E-state index in [1.807, 2.05) is 22.9 Å². The van der Waals surface area contributed by atoms with Gasteiger partial charge in [-0.2, -0.15) is 5.10 Å². The van der Waals surface area contributed by atoms with Crippen LogP contribution in [0.5, 0.6) is 5.75 Å². The van der Waals surface area contributed by atoms with Crippen LogP contribution in [0, 0.1) is 13.8 Å². The zero-order chi connectivity index (χ0) is 15.6. The molecule has 1 unspecified atom stereocenters. The van der Waals surface area contributed by atoms with Gasteiger partial charge in [0.1, 0.15) is 11.3 Å². The molecule has 0 bridgehead atoms. The summed E-state index contributed by atoms with van der Waals surface area (Å²) in [7, 11) is 1.60. The fourth-order valence-corrected chi connectivity index (χ4v) is 2.57. The van der Waals surface area contributed by atoms with Crippen molar-refractivity contribution in [2.24, 2.45) is 0 Å². The largest absolute Gasteiger partial charge is 0.493 e. The van der Waals surface area contributed by atoms with E-state index in [-0.39, 0.29) is 0 Å². The van der Waals surface area contributed by atoms with Crippen molar-refractivity contribution in [1.29, 1.82) is 0 Å². The van der Waals surface area contributed by atoms with Gasteiger partial charge in [-0.05, 0) is 43.9 Å². The molecule has 0 saturated carbocycles. The van der Waals surface area contributed by atoms with Crippen molar-refractivity contribution in [2.45, 2.75) is 46.3 Å². The van der Waals surface area contributed by atoms with Crippen molar-refractivity contribution in [3.8, 4) is 5.75 Å². The molecule has 4 heteroatoms. The highest BCUT2D eigenvalue weighted by molar-refractivity contribution is 5.42. The van der Waals surface area contributed by atoms with Crippen LogP contribution in [0.25, 0.3) is 0 Å². The molecule has 2 aromatic rings. The van der Waals surface area contributed by atoms with E-state index in [9.17, 15) is 5.11 Å². The van der Waals surface area contributed by atoms with Gasteiger partial charge in [0, 0.05) is 6.54 Å². The van der Waals surface area contributed by atoms with Crippen LogP contribution >= 0.6 is 0 Å². The minimum absolute atomic E-state index is 0.617. The van der Waals surface area contributed by atoms with Crippen LogP contribution < -0.4 is 4.74 Å². The minimum atomic E-state index is -1.14. The average Bonchev–Trinajstić information content (AvgIpc) is 2.85. The third kappa shape index (κ3) is 2.81. The summed E-state index contributed by atoms with van der Waals surface area (Å²) in [6, 6.07) is 6.02. The molecule has 1 aromatic carbocycles. The SMILES string of the molecule is CCCn1ncc(OC)c1C(C)(O)c1ccc(C)c(C)c1. The standard InChI is InChI=1S/C17H24N2O2/c1-6-9-19-16(15(21-5)11-18-19)17(4,20)14-8-7-12(2)13(3)10-14/h7-8,10-11,20H,6,9H2,1-5H3. The van der Waals surface area contributed by atoms with Gasteiger partial charge in [-0.25, -0.2) is 0 Å². The molecule has 0 spiro atoms. The monoisotopic (exact) mass is 288 g/mol. The Labute approximate surface area is 126 Å². The molecule has 1 atom stereocenters. The summed E-state index contributed by atoms with van der Waals surface area (Å²) in [5.74, 6) is 0.617. The molecule has 4 nitrogen and oxygen atoms in total. The first-order valence-electron chi connectivity index (χ1n) is 7.32. The smallest absolute Gasteiger partial charge is 0.163 e. The van der Waals surface area contributed by atoms with Crippen molar-refractivity contribution in [3.63, 3.8) is 0 Å². The molecule has 0 fully saturated rings. The van der Waals surface area contributed by atoms with Gasteiger partial charge in [0.05, 0.1) is 13.3 Å². The quantitative estimate of drug-likeness (QED) is 0.919. The predicted molar refractivity (Wildman–Crippen MR) is 83.7 cm³/mol. The Bertz CT molecular complexity index is 630. The van der Waals surface area contributed by atoms with Crippen LogP contribution in [-0.4, -0.2) is 22.0 Å². The number of hydrogen-bond donors (Lipinski definition) is 1. The van der Waals surface area contributed by atoms with E-state index in [0.717, 1.165) is 24.1 Å². The molecule has 0 saturated heterocycles. The summed E-state index contributed by atoms with van der Waals surface area (Å²) in [4.78, 5) is 0. The van der Waals surface area contributed by atoms with Crippen LogP contribution in [0.4, 0.5) is 0 Å². The maximum Gasteiger partial charge on any atom is 0.163 e. The summed E-state index contributed by atoms with van der Waals surface area (Å²) in [5.41, 5.74) is 2.78. The number of aromatic nitrogens is 2. The molecule has 1 aromatic heterocycles. The fraction of sp³-hybridized carbons (Fsp3) is 0.471. The molecule has 21 heavy (non-hydrogen) atoms. The molecular formula is C17H24N2O2. The van der Waals surface area contributed by atoms with Gasteiger partial charge in [-0.3, -0.25) is 4.68 Å². The molecule has 0 radical (unpaired) electrons. The van der Waals surface area contributed by atoms with Gasteiger partial charge < -0.3 is 9.84 Å². The summed E-state index contributed by atoms with van der Waals surface area (Å²) < 4.78 is 7.22. The van der Waals surface area contributed by atoms with Crippen LogP contribution in [0.3, 0.4) is 0 Å². The van der Waals surface area contributed by atoms with Gasteiger partial charge in [-0.15, -0.1) is 0 Å². The summed E-state index contributed by atoms with van der Waals surface area (Å²) in [5, 5.41) is 15.5. The highest BCUT2D eigenvalue weighted by Gasteiger charge is 2.33. The van der Waals surface area contributed by atoms with E-state index in [1.165, 1.54) is 5.56 Å². The molecule has 0 aliphatic rings. The van der Waals surface area contributed by atoms with E-state index in [1.54, 1.807) is 20.2 Å². The molecule has 2 rings (SSSR count). The van der Waals surface area contributed by atoms with E-state index in [4.69, 9.17) is 4.74 Å². The number of aryl methyl sites for hydroxylation is 3. The lowest BCUT2D eigenvalue weighted by Gasteiger charge is -2.26. The topological polar surface area (TPSA) is 47.3 Å². The second-order valence-electron chi connectivity index (χ2n) is 5.66. The molecule has 0 aliphatic carbocycles. The third-order valence-electron chi connectivity index (χ3n) is 3.99. The zero-order valence-corrected chi connectivity index (χ0v) is 13.5. The minimum Gasteiger partial charge on any atom is -0.493 e. The first-order valence-corrected chi connectivity index (χ1v) is 7.32.